The van der Waals surface area contributed by atoms with Gasteiger partial charge in [0.25, 0.3) is 5.91 Å². The van der Waals surface area contributed by atoms with Gasteiger partial charge in [0.1, 0.15) is 5.58 Å². The minimum absolute atomic E-state index is 0.0161. The molecule has 5 rings (SSSR count). The molecule has 0 unspecified atom stereocenters. The molecule has 6 nitrogen and oxygen atoms in total. The Morgan fingerprint density at radius 2 is 1.93 bits per heavy atom. The Hall–Kier alpha value is -3.29. The molecule has 0 spiro atoms. The van der Waals surface area contributed by atoms with E-state index in [1.54, 1.807) is 24.3 Å². The lowest BCUT2D eigenvalue weighted by Crippen LogP contribution is -2.29. The van der Waals surface area contributed by atoms with E-state index in [0.717, 1.165) is 36.6 Å². The largest absolute Gasteiger partial charge is 0.451 e. The molecule has 0 bridgehead atoms. The Balaban J connectivity index is 1.31. The summed E-state index contributed by atoms with van der Waals surface area (Å²) in [4.78, 5) is 33.0. The van der Waals surface area contributed by atoms with Gasteiger partial charge in [-0.25, -0.2) is 4.98 Å². The molecule has 1 N–H and O–H groups in total. The summed E-state index contributed by atoms with van der Waals surface area (Å²) in [5.74, 6) is -0.484. The topological polar surface area (TPSA) is 75.4 Å². The fourth-order valence-corrected chi connectivity index (χ4v) is 4.70. The fourth-order valence-electron chi connectivity index (χ4n) is 3.65. The van der Waals surface area contributed by atoms with Gasteiger partial charge in [-0.15, -0.1) is 11.3 Å². The van der Waals surface area contributed by atoms with Crippen molar-refractivity contribution in [3.8, 4) is 0 Å². The van der Waals surface area contributed by atoms with Crippen LogP contribution in [0.2, 0.25) is 0 Å². The van der Waals surface area contributed by atoms with E-state index >= 15 is 0 Å². The zero-order chi connectivity index (χ0) is 20.5. The van der Waals surface area contributed by atoms with Crippen molar-refractivity contribution in [1.82, 2.24) is 9.88 Å². The highest BCUT2D eigenvalue weighted by Crippen LogP contribution is 2.29. The number of hydrogen-bond acceptors (Lipinski definition) is 6. The number of nitrogens with one attached hydrogen (secondary N) is 1. The lowest BCUT2D eigenvalue weighted by Gasteiger charge is -2.25. The van der Waals surface area contributed by atoms with Crippen molar-refractivity contribution < 1.29 is 9.21 Å². The van der Waals surface area contributed by atoms with Gasteiger partial charge in [0.05, 0.1) is 11.1 Å². The summed E-state index contributed by atoms with van der Waals surface area (Å²) >= 11 is 1.48. The maximum atomic E-state index is 12.6. The van der Waals surface area contributed by atoms with E-state index in [2.05, 4.69) is 39.5 Å². The maximum absolute atomic E-state index is 12.6. The van der Waals surface area contributed by atoms with Gasteiger partial charge in [-0.1, -0.05) is 42.5 Å². The zero-order valence-corrected chi connectivity index (χ0v) is 16.9. The first-order valence-corrected chi connectivity index (χ1v) is 10.6. The second-order valence-corrected chi connectivity index (χ2v) is 8.34. The number of hydrogen-bond donors (Lipinski definition) is 1. The number of nitrogens with zero attached hydrogens (tertiary/aromatic N) is 2. The van der Waals surface area contributed by atoms with Gasteiger partial charge < -0.3 is 4.42 Å². The highest BCUT2D eigenvalue weighted by molar-refractivity contribution is 7.15. The Kier molecular flexibility index (Phi) is 4.90. The SMILES string of the molecule is O=C(Nc1nc2c(s1)CN(Cc1ccccc1)CC2)c1cc(=O)c2ccccc2o1. The van der Waals surface area contributed by atoms with E-state index in [1.807, 2.05) is 6.07 Å². The van der Waals surface area contributed by atoms with E-state index in [9.17, 15) is 9.59 Å². The predicted octanol–water partition coefficient (Wildman–Crippen LogP) is 4.06. The first-order valence-electron chi connectivity index (χ1n) is 9.75. The van der Waals surface area contributed by atoms with Crippen LogP contribution in [0.3, 0.4) is 0 Å². The quantitative estimate of drug-likeness (QED) is 0.542. The molecule has 0 atom stereocenters. The van der Waals surface area contributed by atoms with Crippen molar-refractivity contribution in [3.63, 3.8) is 0 Å². The van der Waals surface area contributed by atoms with Crippen molar-refractivity contribution in [2.24, 2.45) is 0 Å². The predicted molar refractivity (Wildman–Crippen MR) is 117 cm³/mol. The van der Waals surface area contributed by atoms with Gasteiger partial charge in [0.15, 0.2) is 16.3 Å². The summed E-state index contributed by atoms with van der Waals surface area (Å²) in [6.45, 7) is 2.63. The van der Waals surface area contributed by atoms with Crippen LogP contribution in [-0.2, 0) is 19.5 Å². The Morgan fingerprint density at radius 1 is 1.13 bits per heavy atom. The molecule has 2 aromatic heterocycles. The molecule has 0 aliphatic carbocycles. The van der Waals surface area contributed by atoms with Crippen molar-refractivity contribution in [1.29, 1.82) is 0 Å². The molecule has 1 amide bonds. The first kappa shape index (κ1) is 18.7. The molecular weight excluding hydrogens is 398 g/mol. The average molecular weight is 417 g/mol. The van der Waals surface area contributed by atoms with Crippen molar-refractivity contribution in [2.75, 3.05) is 11.9 Å². The number of amides is 1. The molecule has 0 radical (unpaired) electrons. The summed E-state index contributed by atoms with van der Waals surface area (Å²) in [7, 11) is 0. The van der Waals surface area contributed by atoms with Gasteiger partial charge in [-0.05, 0) is 17.7 Å². The monoisotopic (exact) mass is 417 g/mol. The van der Waals surface area contributed by atoms with Crippen LogP contribution in [0.4, 0.5) is 5.13 Å². The molecule has 2 aromatic carbocycles. The van der Waals surface area contributed by atoms with Gasteiger partial charge in [0.2, 0.25) is 0 Å². The fraction of sp³-hybridized carbons (Fsp3) is 0.174. The lowest BCUT2D eigenvalue weighted by molar-refractivity contribution is 0.0997. The minimum Gasteiger partial charge on any atom is -0.451 e. The third kappa shape index (κ3) is 3.77. The molecule has 0 saturated heterocycles. The molecular formula is C23H19N3O3S. The maximum Gasteiger partial charge on any atom is 0.293 e. The molecule has 150 valence electrons. The standard InChI is InChI=1S/C23H19N3O3S/c27-18-12-20(29-19-9-5-4-8-16(18)19)22(28)25-23-24-17-10-11-26(14-21(17)30-23)13-15-6-2-1-3-7-15/h1-9,12H,10-11,13-14H2,(H,24,25,28). The summed E-state index contributed by atoms with van der Waals surface area (Å²) < 4.78 is 5.62. The Morgan fingerprint density at radius 3 is 2.80 bits per heavy atom. The summed E-state index contributed by atoms with van der Waals surface area (Å²) in [6.07, 6.45) is 0.847. The molecule has 1 aliphatic heterocycles. The number of thiazole rings is 1. The van der Waals surface area contributed by atoms with Crippen LogP contribution in [0.5, 0.6) is 0 Å². The minimum atomic E-state index is -0.468. The van der Waals surface area contributed by atoms with Crippen LogP contribution in [0, 0.1) is 0 Å². The second-order valence-electron chi connectivity index (χ2n) is 7.26. The molecule has 7 heteroatoms. The van der Waals surface area contributed by atoms with Crippen molar-refractivity contribution in [2.45, 2.75) is 19.5 Å². The van der Waals surface area contributed by atoms with E-state index < -0.39 is 5.91 Å². The Bertz CT molecular complexity index is 1280. The van der Waals surface area contributed by atoms with Crippen LogP contribution < -0.4 is 10.7 Å². The number of carbonyl (C=O) groups is 1. The average Bonchev–Trinajstić information content (AvgIpc) is 3.16. The molecule has 3 heterocycles. The zero-order valence-electron chi connectivity index (χ0n) is 16.1. The summed E-state index contributed by atoms with van der Waals surface area (Å²) in [5.41, 5.74) is 2.46. The van der Waals surface area contributed by atoms with Crippen LogP contribution in [-0.4, -0.2) is 22.3 Å². The van der Waals surface area contributed by atoms with Gasteiger partial charge in [-0.3, -0.25) is 19.8 Å². The third-order valence-corrected chi connectivity index (χ3v) is 6.14. The molecule has 0 saturated carbocycles. The number of rotatable bonds is 4. The number of benzene rings is 2. The number of aromatic nitrogens is 1. The third-order valence-electron chi connectivity index (χ3n) is 5.14. The number of para-hydroxylation sites is 1. The Labute approximate surface area is 176 Å². The lowest BCUT2D eigenvalue weighted by atomic mass is 10.1. The second kappa shape index (κ2) is 7.85. The van der Waals surface area contributed by atoms with E-state index in [1.165, 1.54) is 23.0 Å². The summed E-state index contributed by atoms with van der Waals surface area (Å²) in [6, 6.07) is 18.5. The van der Waals surface area contributed by atoms with Crippen LogP contribution in [0.1, 0.15) is 26.7 Å². The van der Waals surface area contributed by atoms with Gasteiger partial charge >= 0.3 is 0 Å². The van der Waals surface area contributed by atoms with Crippen molar-refractivity contribution in [3.05, 3.63) is 92.8 Å². The number of fused-ring (bicyclic) bond motifs is 2. The molecule has 1 aliphatic rings. The van der Waals surface area contributed by atoms with E-state index in [0.29, 0.717) is 16.1 Å². The van der Waals surface area contributed by atoms with Crippen LogP contribution in [0.15, 0.2) is 69.9 Å². The van der Waals surface area contributed by atoms with E-state index in [4.69, 9.17) is 4.42 Å². The summed E-state index contributed by atoms with van der Waals surface area (Å²) in [5, 5.41) is 3.77. The molecule has 0 fully saturated rings. The molecule has 4 aromatic rings. The van der Waals surface area contributed by atoms with Crippen LogP contribution in [0.25, 0.3) is 11.0 Å². The highest BCUT2D eigenvalue weighted by Gasteiger charge is 2.22. The number of anilines is 1. The van der Waals surface area contributed by atoms with Gasteiger partial charge in [0, 0.05) is 37.0 Å². The van der Waals surface area contributed by atoms with Crippen molar-refractivity contribution >= 4 is 33.3 Å². The molecule has 30 heavy (non-hydrogen) atoms. The first-order chi connectivity index (χ1) is 14.7. The van der Waals surface area contributed by atoms with Crippen LogP contribution >= 0.6 is 11.3 Å². The van der Waals surface area contributed by atoms with Gasteiger partial charge in [-0.2, -0.15) is 0 Å². The number of carbonyl (C=O) groups excluding carboxylic acids is 1. The van der Waals surface area contributed by atoms with E-state index in [-0.39, 0.29) is 11.2 Å². The highest BCUT2D eigenvalue weighted by atomic mass is 32.1. The normalized spacial score (nSPS) is 13.9. The smallest absolute Gasteiger partial charge is 0.293 e.